The van der Waals surface area contributed by atoms with Crippen molar-refractivity contribution in [1.29, 1.82) is 0 Å². The Balaban J connectivity index is 1.80. The highest BCUT2D eigenvalue weighted by Gasteiger charge is 2.30. The number of halogens is 4. The van der Waals surface area contributed by atoms with Gasteiger partial charge in [-0.25, -0.2) is 9.50 Å². The molecular weight excluding hydrogens is 449 g/mol. The molecule has 4 rings (SSSR count). The number of ether oxygens (including phenoxy) is 1. The van der Waals surface area contributed by atoms with Gasteiger partial charge in [0.25, 0.3) is 0 Å². The lowest BCUT2D eigenvalue weighted by molar-refractivity contribution is -0.137. The molecule has 0 fully saturated rings. The zero-order valence-electron chi connectivity index (χ0n) is 15.5. The van der Waals surface area contributed by atoms with Crippen molar-refractivity contribution < 1.29 is 17.9 Å². The summed E-state index contributed by atoms with van der Waals surface area (Å²) in [6, 6.07) is 10.3. The van der Waals surface area contributed by atoms with Crippen LogP contribution in [0, 0.1) is 0 Å². The van der Waals surface area contributed by atoms with E-state index in [4.69, 9.17) is 4.74 Å². The van der Waals surface area contributed by atoms with Crippen LogP contribution in [0.5, 0.6) is 5.75 Å². The Hall–Kier alpha value is -2.81. The topological polar surface area (TPSA) is 51.5 Å². The third kappa shape index (κ3) is 3.62. The van der Waals surface area contributed by atoms with Gasteiger partial charge in [0.1, 0.15) is 11.6 Å². The van der Waals surface area contributed by atoms with Gasteiger partial charge in [-0.1, -0.05) is 12.1 Å². The summed E-state index contributed by atoms with van der Waals surface area (Å²) in [4.78, 5) is 4.60. The summed E-state index contributed by atoms with van der Waals surface area (Å²) in [6.07, 6.45) is -2.76. The summed E-state index contributed by atoms with van der Waals surface area (Å²) in [7, 11) is 1.57. The molecule has 0 saturated heterocycles. The predicted molar refractivity (Wildman–Crippen MR) is 108 cm³/mol. The average molecular weight is 465 g/mol. The molecule has 2 aromatic heterocycles. The molecule has 2 aromatic carbocycles. The molecule has 0 radical (unpaired) electrons. The number of nitrogens with zero attached hydrogens (tertiary/aromatic N) is 3. The van der Waals surface area contributed by atoms with Crippen molar-refractivity contribution in [3.8, 4) is 5.75 Å². The maximum atomic E-state index is 13.1. The largest absolute Gasteiger partial charge is 0.495 e. The van der Waals surface area contributed by atoms with Gasteiger partial charge in [-0.15, -0.1) is 0 Å². The molecule has 0 aliphatic carbocycles. The fourth-order valence-corrected chi connectivity index (χ4v) is 3.69. The van der Waals surface area contributed by atoms with E-state index in [9.17, 15) is 13.2 Å². The van der Waals surface area contributed by atoms with Gasteiger partial charge in [-0.3, -0.25) is 0 Å². The Morgan fingerprint density at radius 1 is 1.17 bits per heavy atom. The zero-order valence-corrected chi connectivity index (χ0v) is 17.0. The quantitative estimate of drug-likeness (QED) is 0.411. The molecular formula is C20H16BrF3N4O. The fourth-order valence-electron chi connectivity index (χ4n) is 3.19. The number of alkyl halides is 3. The van der Waals surface area contributed by atoms with E-state index >= 15 is 0 Å². The van der Waals surface area contributed by atoms with Crippen molar-refractivity contribution in [2.75, 3.05) is 12.4 Å². The standard InChI is InChI=1S/C20H16BrF3N4O/c1-11(12-4-3-5-13(8-12)20(22,23)24)26-19-14-9-15(21)17(29-2)10-16(14)28-18(27-19)6-7-25-28/h3-11H,1-2H3,(H,26,27). The number of hydrogen-bond donors (Lipinski definition) is 1. The van der Waals surface area contributed by atoms with Crippen molar-refractivity contribution in [1.82, 2.24) is 14.6 Å². The van der Waals surface area contributed by atoms with Crippen molar-refractivity contribution in [2.24, 2.45) is 0 Å². The molecule has 1 N–H and O–H groups in total. The number of aromatic nitrogens is 3. The van der Waals surface area contributed by atoms with E-state index in [0.717, 1.165) is 27.5 Å². The Morgan fingerprint density at radius 3 is 2.69 bits per heavy atom. The maximum Gasteiger partial charge on any atom is 0.416 e. The van der Waals surface area contributed by atoms with Gasteiger partial charge in [0.15, 0.2) is 5.65 Å². The van der Waals surface area contributed by atoms with Gasteiger partial charge in [0, 0.05) is 23.6 Å². The smallest absolute Gasteiger partial charge is 0.416 e. The Kier molecular flexibility index (Phi) is 4.85. The first kappa shape index (κ1) is 19.5. The summed E-state index contributed by atoms with van der Waals surface area (Å²) in [6.45, 7) is 1.79. The first-order valence-corrected chi connectivity index (χ1v) is 9.52. The van der Waals surface area contributed by atoms with Crippen molar-refractivity contribution in [3.63, 3.8) is 0 Å². The van der Waals surface area contributed by atoms with E-state index in [-0.39, 0.29) is 0 Å². The van der Waals surface area contributed by atoms with Crippen molar-refractivity contribution >= 4 is 38.3 Å². The number of benzene rings is 2. The summed E-state index contributed by atoms with van der Waals surface area (Å²) < 4.78 is 47.0. The average Bonchev–Trinajstić information content (AvgIpc) is 3.15. The molecule has 2 heterocycles. The zero-order chi connectivity index (χ0) is 20.8. The molecule has 150 valence electrons. The van der Waals surface area contributed by atoms with E-state index < -0.39 is 17.8 Å². The SMILES string of the molecule is COc1cc2c(cc1Br)c(NC(C)c1cccc(C(F)(F)F)c1)nc1ccnn12. The maximum absolute atomic E-state index is 13.1. The molecule has 5 nitrogen and oxygen atoms in total. The van der Waals surface area contributed by atoms with Crippen LogP contribution in [-0.4, -0.2) is 21.7 Å². The minimum Gasteiger partial charge on any atom is -0.495 e. The number of nitrogens with one attached hydrogen (secondary N) is 1. The molecule has 9 heteroatoms. The van der Waals surface area contributed by atoms with E-state index in [0.29, 0.717) is 22.8 Å². The fraction of sp³-hybridized carbons (Fsp3) is 0.200. The Bertz CT molecular complexity index is 1210. The summed E-state index contributed by atoms with van der Waals surface area (Å²) in [5, 5.41) is 8.30. The van der Waals surface area contributed by atoms with Crippen LogP contribution in [0.15, 0.2) is 53.1 Å². The lowest BCUT2D eigenvalue weighted by atomic mass is 10.0. The van der Waals surface area contributed by atoms with Crippen LogP contribution in [0.1, 0.15) is 24.1 Å². The van der Waals surface area contributed by atoms with Gasteiger partial charge in [-0.05, 0) is 46.6 Å². The number of hydrogen-bond acceptors (Lipinski definition) is 4. The Labute approximate surface area is 172 Å². The molecule has 1 unspecified atom stereocenters. The number of methoxy groups -OCH3 is 1. The van der Waals surface area contributed by atoms with Crippen LogP contribution in [0.3, 0.4) is 0 Å². The van der Waals surface area contributed by atoms with E-state index in [2.05, 4.69) is 31.3 Å². The van der Waals surface area contributed by atoms with Crippen molar-refractivity contribution in [3.05, 3.63) is 64.3 Å². The second-order valence-corrected chi connectivity index (χ2v) is 7.41. The number of rotatable bonds is 4. The normalized spacial score (nSPS) is 13.0. The van der Waals surface area contributed by atoms with Crippen LogP contribution in [0.25, 0.3) is 16.6 Å². The van der Waals surface area contributed by atoms with E-state index in [1.165, 1.54) is 6.07 Å². The lowest BCUT2D eigenvalue weighted by Crippen LogP contribution is -2.12. The van der Waals surface area contributed by atoms with Gasteiger partial charge >= 0.3 is 6.18 Å². The minimum absolute atomic E-state index is 0.403. The van der Waals surface area contributed by atoms with Crippen LogP contribution >= 0.6 is 15.9 Å². The monoisotopic (exact) mass is 464 g/mol. The molecule has 4 aromatic rings. The highest BCUT2D eigenvalue weighted by molar-refractivity contribution is 9.10. The first-order valence-electron chi connectivity index (χ1n) is 8.72. The lowest BCUT2D eigenvalue weighted by Gasteiger charge is -2.19. The molecule has 0 aliphatic rings. The summed E-state index contributed by atoms with van der Waals surface area (Å²) in [5.74, 6) is 1.18. The third-order valence-electron chi connectivity index (χ3n) is 4.67. The summed E-state index contributed by atoms with van der Waals surface area (Å²) in [5.41, 5.74) is 1.20. The third-order valence-corrected chi connectivity index (χ3v) is 5.29. The van der Waals surface area contributed by atoms with E-state index in [1.54, 1.807) is 36.9 Å². The molecule has 0 saturated carbocycles. The summed E-state index contributed by atoms with van der Waals surface area (Å²) >= 11 is 3.47. The van der Waals surface area contributed by atoms with Crippen LogP contribution in [-0.2, 0) is 6.18 Å². The highest BCUT2D eigenvalue weighted by atomic mass is 79.9. The molecule has 1 atom stereocenters. The van der Waals surface area contributed by atoms with Crippen LogP contribution < -0.4 is 10.1 Å². The van der Waals surface area contributed by atoms with Crippen LogP contribution in [0.2, 0.25) is 0 Å². The Morgan fingerprint density at radius 2 is 1.97 bits per heavy atom. The first-order chi connectivity index (χ1) is 13.8. The van der Waals surface area contributed by atoms with Crippen LogP contribution in [0.4, 0.5) is 19.0 Å². The number of anilines is 1. The van der Waals surface area contributed by atoms with Crippen molar-refractivity contribution in [2.45, 2.75) is 19.1 Å². The van der Waals surface area contributed by atoms with Gasteiger partial charge < -0.3 is 10.1 Å². The molecule has 29 heavy (non-hydrogen) atoms. The predicted octanol–water partition coefficient (Wildman–Crippen LogP) is 5.85. The number of fused-ring (bicyclic) bond motifs is 3. The second-order valence-electron chi connectivity index (χ2n) is 6.55. The van der Waals surface area contributed by atoms with E-state index in [1.807, 2.05) is 12.1 Å². The van der Waals surface area contributed by atoms with Gasteiger partial charge in [0.05, 0.1) is 28.9 Å². The minimum atomic E-state index is -4.39. The van der Waals surface area contributed by atoms with Gasteiger partial charge in [0.2, 0.25) is 0 Å². The molecule has 0 bridgehead atoms. The highest BCUT2D eigenvalue weighted by Crippen LogP contribution is 2.35. The molecule has 0 aliphatic heterocycles. The van der Waals surface area contributed by atoms with Gasteiger partial charge in [-0.2, -0.15) is 18.3 Å². The second kappa shape index (κ2) is 7.22. The molecule has 0 spiro atoms. The molecule has 0 amide bonds.